The van der Waals surface area contributed by atoms with E-state index in [-0.39, 0.29) is 6.04 Å². The van der Waals surface area contributed by atoms with Crippen molar-refractivity contribution in [3.8, 4) is 0 Å². The van der Waals surface area contributed by atoms with Crippen molar-refractivity contribution in [2.75, 3.05) is 0 Å². The molecule has 0 saturated heterocycles. The zero-order valence-electron chi connectivity index (χ0n) is 11.6. The summed E-state index contributed by atoms with van der Waals surface area (Å²) in [7, 11) is 0. The first-order valence-electron chi connectivity index (χ1n) is 6.55. The van der Waals surface area contributed by atoms with E-state index in [4.69, 9.17) is 23.2 Å². The Hall–Kier alpha value is -1.03. The van der Waals surface area contributed by atoms with Gasteiger partial charge in [-0.15, -0.1) is 0 Å². The fourth-order valence-corrected chi connectivity index (χ4v) is 3.50. The molecule has 108 valence electrons. The number of hydrogen-bond donors (Lipinski definition) is 0. The Kier molecular flexibility index (Phi) is 4.00. The second kappa shape index (κ2) is 5.64. The van der Waals surface area contributed by atoms with Crippen LogP contribution >= 0.6 is 39.1 Å². The van der Waals surface area contributed by atoms with E-state index in [1.807, 2.05) is 6.20 Å². The lowest BCUT2D eigenvalue weighted by molar-refractivity contribution is 0.657. The molecule has 0 bridgehead atoms. The third kappa shape index (κ3) is 2.59. The van der Waals surface area contributed by atoms with E-state index in [2.05, 4.69) is 63.6 Å². The van der Waals surface area contributed by atoms with E-state index in [1.165, 1.54) is 11.1 Å². The van der Waals surface area contributed by atoms with Crippen LogP contribution < -0.4 is 0 Å². The molecule has 0 aliphatic rings. The third-order valence-electron chi connectivity index (χ3n) is 3.67. The highest BCUT2D eigenvalue weighted by atomic mass is 79.9. The lowest BCUT2D eigenvalue weighted by Gasteiger charge is -2.15. The molecule has 3 rings (SSSR count). The van der Waals surface area contributed by atoms with Crippen LogP contribution in [0, 0.1) is 6.92 Å². The number of rotatable bonds is 2. The van der Waals surface area contributed by atoms with Crippen LogP contribution in [0.5, 0.6) is 0 Å². The number of aryl methyl sites for hydroxylation is 1. The van der Waals surface area contributed by atoms with Crippen molar-refractivity contribution in [2.45, 2.75) is 19.9 Å². The first-order valence-corrected chi connectivity index (χ1v) is 8.10. The summed E-state index contributed by atoms with van der Waals surface area (Å²) in [6, 6.07) is 8.66. The lowest BCUT2D eigenvalue weighted by atomic mass is 10.1. The van der Waals surface area contributed by atoms with Gasteiger partial charge in [-0.2, -0.15) is 0 Å². The van der Waals surface area contributed by atoms with E-state index < -0.39 is 0 Å². The van der Waals surface area contributed by atoms with Gasteiger partial charge in [-0.1, -0.05) is 53.0 Å². The molecule has 0 amide bonds. The minimum absolute atomic E-state index is 0.157. The monoisotopic (exact) mass is 382 g/mol. The molecule has 0 aliphatic heterocycles. The molecule has 0 saturated carbocycles. The maximum Gasteiger partial charge on any atom is 0.143 e. The van der Waals surface area contributed by atoms with Crippen molar-refractivity contribution in [2.24, 2.45) is 0 Å². The Bertz CT molecular complexity index is 809. The summed E-state index contributed by atoms with van der Waals surface area (Å²) in [4.78, 5) is 4.44. The molecule has 1 unspecified atom stereocenters. The molecule has 5 heteroatoms. The van der Waals surface area contributed by atoms with Crippen LogP contribution in [0.3, 0.4) is 0 Å². The number of benzene rings is 1. The van der Waals surface area contributed by atoms with Gasteiger partial charge >= 0.3 is 0 Å². The molecule has 1 aromatic carbocycles. The summed E-state index contributed by atoms with van der Waals surface area (Å²) in [5, 5.41) is 1.84. The zero-order valence-corrected chi connectivity index (χ0v) is 14.7. The molecule has 0 spiro atoms. The van der Waals surface area contributed by atoms with Crippen LogP contribution in [0.4, 0.5) is 0 Å². The standard InChI is InChI=1S/C16H13BrCl2N2/c1-9-3-5-11(6-4-9)10(2)21-8-12(17)14-15(19)13(18)7-20-16(14)21/h3-8,10H,1-2H3. The van der Waals surface area contributed by atoms with Gasteiger partial charge in [-0.05, 0) is 35.3 Å². The van der Waals surface area contributed by atoms with E-state index in [0.717, 1.165) is 15.5 Å². The van der Waals surface area contributed by atoms with Gasteiger partial charge in [0.1, 0.15) is 5.65 Å². The quantitative estimate of drug-likeness (QED) is 0.528. The highest BCUT2D eigenvalue weighted by Crippen LogP contribution is 2.37. The van der Waals surface area contributed by atoms with Gasteiger partial charge in [-0.3, -0.25) is 0 Å². The van der Waals surface area contributed by atoms with Crippen molar-refractivity contribution in [1.82, 2.24) is 9.55 Å². The van der Waals surface area contributed by atoms with Gasteiger partial charge < -0.3 is 4.57 Å². The predicted molar refractivity (Wildman–Crippen MR) is 92.4 cm³/mol. The lowest BCUT2D eigenvalue weighted by Crippen LogP contribution is -2.06. The number of hydrogen-bond acceptors (Lipinski definition) is 1. The topological polar surface area (TPSA) is 17.8 Å². The van der Waals surface area contributed by atoms with E-state index in [0.29, 0.717) is 10.0 Å². The van der Waals surface area contributed by atoms with Crippen molar-refractivity contribution in [3.63, 3.8) is 0 Å². The minimum atomic E-state index is 0.157. The zero-order chi connectivity index (χ0) is 15.1. The fraction of sp³-hybridized carbons (Fsp3) is 0.188. The number of halogens is 3. The second-order valence-electron chi connectivity index (χ2n) is 5.09. The van der Waals surface area contributed by atoms with Gasteiger partial charge in [0.25, 0.3) is 0 Å². The smallest absolute Gasteiger partial charge is 0.143 e. The summed E-state index contributed by atoms with van der Waals surface area (Å²) in [6.45, 7) is 4.22. The third-order valence-corrected chi connectivity index (χ3v) is 5.04. The Balaban J connectivity index is 2.17. The van der Waals surface area contributed by atoms with Crippen molar-refractivity contribution < 1.29 is 0 Å². The van der Waals surface area contributed by atoms with Gasteiger partial charge in [0.05, 0.1) is 21.5 Å². The summed E-state index contributed by atoms with van der Waals surface area (Å²) >= 11 is 15.9. The Labute approximate surface area is 141 Å². The van der Waals surface area contributed by atoms with Gasteiger partial charge in [-0.25, -0.2) is 4.98 Å². The molecular weight excluding hydrogens is 371 g/mol. The number of aromatic nitrogens is 2. The summed E-state index contributed by atoms with van der Waals surface area (Å²) in [6.07, 6.45) is 3.60. The minimum Gasteiger partial charge on any atom is -0.324 e. The van der Waals surface area contributed by atoms with Crippen LogP contribution in [-0.4, -0.2) is 9.55 Å². The molecule has 2 nitrogen and oxygen atoms in total. The maximum atomic E-state index is 6.30. The molecular formula is C16H13BrCl2N2. The highest BCUT2D eigenvalue weighted by Gasteiger charge is 2.18. The average molecular weight is 384 g/mol. The first-order chi connectivity index (χ1) is 9.99. The maximum absolute atomic E-state index is 6.30. The Morgan fingerprint density at radius 2 is 1.86 bits per heavy atom. The number of nitrogens with zero attached hydrogens (tertiary/aromatic N) is 2. The highest BCUT2D eigenvalue weighted by molar-refractivity contribution is 9.10. The molecule has 2 aromatic heterocycles. The normalized spacial score (nSPS) is 12.8. The van der Waals surface area contributed by atoms with Crippen LogP contribution in [0.25, 0.3) is 11.0 Å². The summed E-state index contributed by atoms with van der Waals surface area (Å²) in [5.74, 6) is 0. The number of pyridine rings is 1. The molecule has 0 radical (unpaired) electrons. The van der Waals surface area contributed by atoms with Gasteiger partial charge in [0.2, 0.25) is 0 Å². The van der Waals surface area contributed by atoms with Gasteiger partial charge in [0.15, 0.2) is 0 Å². The van der Waals surface area contributed by atoms with E-state index in [9.17, 15) is 0 Å². The molecule has 0 aliphatic carbocycles. The predicted octanol–water partition coefficient (Wildman–Crippen LogP) is 6.02. The molecule has 21 heavy (non-hydrogen) atoms. The second-order valence-corrected chi connectivity index (χ2v) is 6.73. The molecule has 3 aromatic rings. The molecule has 0 fully saturated rings. The van der Waals surface area contributed by atoms with Crippen LogP contribution in [-0.2, 0) is 0 Å². The van der Waals surface area contributed by atoms with E-state index in [1.54, 1.807) is 6.20 Å². The van der Waals surface area contributed by atoms with Crippen LogP contribution in [0.2, 0.25) is 10.0 Å². The van der Waals surface area contributed by atoms with Crippen molar-refractivity contribution >= 4 is 50.2 Å². The summed E-state index contributed by atoms with van der Waals surface area (Å²) in [5.41, 5.74) is 3.29. The first kappa shape index (κ1) is 14.9. The average Bonchev–Trinajstić information content (AvgIpc) is 2.80. The Morgan fingerprint density at radius 1 is 1.19 bits per heavy atom. The Morgan fingerprint density at radius 3 is 2.52 bits per heavy atom. The molecule has 1 atom stereocenters. The largest absolute Gasteiger partial charge is 0.324 e. The molecule has 0 N–H and O–H groups in total. The summed E-state index contributed by atoms with van der Waals surface area (Å²) < 4.78 is 3.00. The van der Waals surface area contributed by atoms with Crippen molar-refractivity contribution in [1.29, 1.82) is 0 Å². The molecule has 2 heterocycles. The van der Waals surface area contributed by atoms with Crippen molar-refractivity contribution in [3.05, 3.63) is 62.3 Å². The SMILES string of the molecule is Cc1ccc(C(C)n2cc(Br)c3c(Cl)c(Cl)cnc32)cc1. The van der Waals surface area contributed by atoms with Gasteiger partial charge in [0, 0.05) is 16.9 Å². The van der Waals surface area contributed by atoms with E-state index >= 15 is 0 Å². The number of fused-ring (bicyclic) bond motifs is 1. The van der Waals surface area contributed by atoms with Crippen LogP contribution in [0.1, 0.15) is 24.1 Å². The van der Waals surface area contributed by atoms with Crippen LogP contribution in [0.15, 0.2) is 41.1 Å². The fourth-order valence-electron chi connectivity index (χ4n) is 2.41.